The fraction of sp³-hybridized carbons (Fsp3) is 0.320. The summed E-state index contributed by atoms with van der Waals surface area (Å²) in [7, 11) is -0.448. The Kier molecular flexibility index (Phi) is 7.49. The van der Waals surface area contributed by atoms with Gasteiger partial charge in [0.05, 0.1) is 18.8 Å². The van der Waals surface area contributed by atoms with Crippen molar-refractivity contribution < 1.29 is 17.9 Å². The second-order valence-corrected chi connectivity index (χ2v) is 11.4. The van der Waals surface area contributed by atoms with Crippen LogP contribution in [0.25, 0.3) is 0 Å². The van der Waals surface area contributed by atoms with Crippen molar-refractivity contribution in [2.24, 2.45) is 0 Å². The van der Waals surface area contributed by atoms with Crippen LogP contribution >= 0.6 is 11.3 Å². The van der Waals surface area contributed by atoms with Crippen LogP contribution in [0.1, 0.15) is 59.8 Å². The molecule has 2 aromatic carbocycles. The molecule has 1 heterocycles. The summed E-state index contributed by atoms with van der Waals surface area (Å²) in [5, 5.41) is 4.77. The first kappa shape index (κ1) is 24.8. The smallest absolute Gasteiger partial charge is 0.273 e. The average molecular weight is 487 g/mol. The van der Waals surface area contributed by atoms with Crippen LogP contribution < -0.4 is 14.4 Å². The van der Waals surface area contributed by atoms with Crippen LogP contribution in [0.3, 0.4) is 0 Å². The van der Waals surface area contributed by atoms with Gasteiger partial charge in [-0.1, -0.05) is 19.9 Å². The molecule has 0 unspecified atom stereocenters. The monoisotopic (exact) mass is 486 g/mol. The van der Waals surface area contributed by atoms with Gasteiger partial charge in [-0.05, 0) is 84.3 Å². The van der Waals surface area contributed by atoms with Crippen molar-refractivity contribution >= 4 is 33.0 Å². The first-order valence-corrected chi connectivity index (χ1v) is 13.0. The van der Waals surface area contributed by atoms with Crippen molar-refractivity contribution in [3.63, 3.8) is 0 Å². The van der Waals surface area contributed by atoms with Gasteiger partial charge in [0, 0.05) is 12.6 Å². The van der Waals surface area contributed by atoms with Crippen molar-refractivity contribution in [2.75, 3.05) is 18.5 Å². The third-order valence-corrected chi connectivity index (χ3v) is 8.82. The van der Waals surface area contributed by atoms with Gasteiger partial charge in [-0.3, -0.25) is 9.10 Å². The lowest BCUT2D eigenvalue weighted by molar-refractivity contribution is 0.0940. The summed E-state index contributed by atoms with van der Waals surface area (Å²) in [6.07, 6.45) is 0. The summed E-state index contributed by atoms with van der Waals surface area (Å²) in [5.41, 5.74) is 4.12. The number of hydrogen-bond donors (Lipinski definition) is 1. The lowest BCUT2D eigenvalue weighted by atomic mass is 9.93. The SMILES string of the molecule is COc1cc(C)c([C@@H](C)NC(=O)c2ccc(N(C)S(=O)(=O)c3cccs3)cc2)cc1C(C)C. The summed E-state index contributed by atoms with van der Waals surface area (Å²) < 4.78 is 32.4. The highest BCUT2D eigenvalue weighted by Gasteiger charge is 2.23. The van der Waals surface area contributed by atoms with Crippen LogP contribution in [-0.2, 0) is 10.0 Å². The lowest BCUT2D eigenvalue weighted by Gasteiger charge is -2.21. The van der Waals surface area contributed by atoms with Crippen LogP contribution in [-0.4, -0.2) is 28.5 Å². The number of aryl methyl sites for hydroxylation is 1. The van der Waals surface area contributed by atoms with Gasteiger partial charge in [0.2, 0.25) is 0 Å². The van der Waals surface area contributed by atoms with Gasteiger partial charge >= 0.3 is 0 Å². The van der Waals surface area contributed by atoms with E-state index in [0.29, 0.717) is 11.3 Å². The first-order valence-electron chi connectivity index (χ1n) is 10.7. The van der Waals surface area contributed by atoms with Gasteiger partial charge in [0.25, 0.3) is 15.9 Å². The van der Waals surface area contributed by atoms with E-state index in [9.17, 15) is 13.2 Å². The predicted octanol–water partition coefficient (Wildman–Crippen LogP) is 5.50. The number of thiophene rings is 1. The molecule has 0 saturated heterocycles. The molecule has 0 saturated carbocycles. The quantitative estimate of drug-likeness (QED) is 0.456. The highest BCUT2D eigenvalue weighted by Crippen LogP contribution is 2.32. The Morgan fingerprint density at radius 1 is 1.06 bits per heavy atom. The first-order chi connectivity index (χ1) is 15.6. The van der Waals surface area contributed by atoms with Crippen LogP contribution in [0.4, 0.5) is 5.69 Å². The van der Waals surface area contributed by atoms with E-state index in [1.165, 1.54) is 22.7 Å². The van der Waals surface area contributed by atoms with E-state index in [0.717, 1.165) is 22.4 Å². The minimum Gasteiger partial charge on any atom is -0.496 e. The molecule has 1 atom stereocenters. The fourth-order valence-electron chi connectivity index (χ4n) is 3.67. The molecule has 1 N–H and O–H groups in total. The Hall–Kier alpha value is -2.84. The van der Waals surface area contributed by atoms with Crippen LogP contribution in [0.5, 0.6) is 5.75 Å². The fourth-order valence-corrected chi connectivity index (χ4v) is 6.03. The number of hydrogen-bond acceptors (Lipinski definition) is 5. The number of ether oxygens (including phenoxy) is 1. The molecule has 0 fully saturated rings. The summed E-state index contributed by atoms with van der Waals surface area (Å²) in [6.45, 7) is 8.17. The zero-order valence-corrected chi connectivity index (χ0v) is 21.4. The maximum absolute atomic E-state index is 12.9. The minimum atomic E-state index is -3.62. The summed E-state index contributed by atoms with van der Waals surface area (Å²) in [4.78, 5) is 12.9. The molecule has 3 aromatic rings. The largest absolute Gasteiger partial charge is 0.496 e. The number of carbonyl (C=O) groups is 1. The summed E-state index contributed by atoms with van der Waals surface area (Å²) in [6, 6.07) is 13.7. The van der Waals surface area contributed by atoms with Crippen molar-refractivity contribution in [3.05, 3.63) is 76.2 Å². The molecular weight excluding hydrogens is 456 g/mol. The number of carbonyl (C=O) groups excluding carboxylic acids is 1. The molecule has 3 rings (SSSR count). The zero-order valence-electron chi connectivity index (χ0n) is 19.7. The van der Waals surface area contributed by atoms with Crippen molar-refractivity contribution in [1.29, 1.82) is 0 Å². The highest BCUT2D eigenvalue weighted by molar-refractivity contribution is 7.94. The molecule has 0 bridgehead atoms. The standard InChI is InChI=1S/C25H30N2O4S2/c1-16(2)21-15-22(17(3)14-23(21)31-6)18(4)26-25(28)19-9-11-20(12-10-19)27(5)33(29,30)24-8-7-13-32-24/h7-16,18H,1-6H3,(H,26,28)/t18-/m1/s1. The lowest BCUT2D eigenvalue weighted by Crippen LogP contribution is -2.28. The molecule has 176 valence electrons. The number of benzene rings is 2. The molecule has 0 radical (unpaired) electrons. The Morgan fingerprint density at radius 3 is 2.27 bits per heavy atom. The van der Waals surface area contributed by atoms with E-state index in [4.69, 9.17) is 4.74 Å². The summed E-state index contributed by atoms with van der Waals surface area (Å²) in [5.74, 6) is 0.915. The number of sulfonamides is 1. The maximum atomic E-state index is 12.9. The van der Waals surface area contributed by atoms with Crippen molar-refractivity contribution in [2.45, 2.75) is 43.9 Å². The van der Waals surface area contributed by atoms with E-state index in [1.54, 1.807) is 48.9 Å². The van der Waals surface area contributed by atoms with Gasteiger partial charge < -0.3 is 10.1 Å². The molecule has 1 aromatic heterocycles. The Labute approximate surface area is 200 Å². The van der Waals surface area contributed by atoms with E-state index in [1.807, 2.05) is 19.9 Å². The van der Waals surface area contributed by atoms with Crippen LogP contribution in [0.15, 0.2) is 58.1 Å². The topological polar surface area (TPSA) is 75.7 Å². The number of anilines is 1. The van der Waals surface area contributed by atoms with E-state index >= 15 is 0 Å². The number of nitrogens with zero attached hydrogens (tertiary/aromatic N) is 1. The van der Waals surface area contributed by atoms with Crippen molar-refractivity contribution in [3.8, 4) is 5.75 Å². The third-order valence-electron chi connectivity index (χ3n) is 5.66. The van der Waals surface area contributed by atoms with E-state index in [-0.39, 0.29) is 22.1 Å². The Balaban J connectivity index is 1.77. The maximum Gasteiger partial charge on any atom is 0.273 e. The Bertz CT molecular complexity index is 1220. The van der Waals surface area contributed by atoms with E-state index in [2.05, 4.69) is 25.2 Å². The van der Waals surface area contributed by atoms with E-state index < -0.39 is 10.0 Å². The second-order valence-electron chi connectivity index (χ2n) is 8.25. The van der Waals surface area contributed by atoms with Gasteiger partial charge in [-0.15, -0.1) is 11.3 Å². The molecule has 8 heteroatoms. The molecule has 6 nitrogen and oxygen atoms in total. The molecule has 1 amide bonds. The molecule has 0 aliphatic carbocycles. The summed E-state index contributed by atoms with van der Waals surface area (Å²) >= 11 is 1.17. The number of rotatable bonds is 8. The van der Waals surface area contributed by atoms with Crippen LogP contribution in [0.2, 0.25) is 0 Å². The number of methoxy groups -OCH3 is 1. The second kappa shape index (κ2) is 9.97. The number of nitrogens with one attached hydrogen (secondary N) is 1. The third kappa shape index (κ3) is 5.23. The molecule has 0 aliphatic rings. The molecule has 33 heavy (non-hydrogen) atoms. The number of amides is 1. The van der Waals surface area contributed by atoms with Gasteiger partial charge in [0.1, 0.15) is 9.96 Å². The average Bonchev–Trinajstić information content (AvgIpc) is 3.34. The van der Waals surface area contributed by atoms with Crippen molar-refractivity contribution in [1.82, 2.24) is 5.32 Å². The predicted molar refractivity (Wildman–Crippen MR) is 134 cm³/mol. The highest BCUT2D eigenvalue weighted by atomic mass is 32.2. The normalized spacial score (nSPS) is 12.5. The molecule has 0 aliphatic heterocycles. The minimum absolute atomic E-state index is 0.206. The Morgan fingerprint density at radius 2 is 1.73 bits per heavy atom. The zero-order chi connectivity index (χ0) is 24.3. The molecule has 0 spiro atoms. The van der Waals surface area contributed by atoms with Gasteiger partial charge in [0.15, 0.2) is 0 Å². The van der Waals surface area contributed by atoms with Crippen LogP contribution in [0, 0.1) is 6.92 Å². The van der Waals surface area contributed by atoms with Gasteiger partial charge in [-0.2, -0.15) is 0 Å². The van der Waals surface area contributed by atoms with Gasteiger partial charge in [-0.25, -0.2) is 8.42 Å². The molecular formula is C25H30N2O4S2.